The van der Waals surface area contributed by atoms with Gasteiger partial charge >= 0.3 is 0 Å². The molecule has 0 aliphatic carbocycles. The molecule has 0 aliphatic heterocycles. The molecule has 0 aliphatic rings. The number of aryl methyl sites for hydroxylation is 1. The van der Waals surface area contributed by atoms with Crippen LogP contribution in [0.1, 0.15) is 12.5 Å². The molecule has 2 aromatic rings. The van der Waals surface area contributed by atoms with Crippen molar-refractivity contribution in [3.8, 4) is 5.75 Å². The molecule has 5 heteroatoms. The summed E-state index contributed by atoms with van der Waals surface area (Å²) in [6, 6.07) is 15.5. The normalized spacial score (nSPS) is 11.8. The molecule has 0 aromatic heterocycles. The summed E-state index contributed by atoms with van der Waals surface area (Å²) in [7, 11) is 0. The van der Waals surface area contributed by atoms with Crippen LogP contribution < -0.4 is 10.1 Å². The molecular formula is C18H20ClNO2S. The van der Waals surface area contributed by atoms with Crippen molar-refractivity contribution in [3.63, 3.8) is 0 Å². The highest BCUT2D eigenvalue weighted by Gasteiger charge is 2.14. The van der Waals surface area contributed by atoms with Gasteiger partial charge in [0.1, 0.15) is 5.75 Å². The Morgan fingerprint density at radius 1 is 1.26 bits per heavy atom. The summed E-state index contributed by atoms with van der Waals surface area (Å²) in [5.41, 5.74) is 0.927. The van der Waals surface area contributed by atoms with E-state index in [-0.39, 0.29) is 5.91 Å². The van der Waals surface area contributed by atoms with Gasteiger partial charge in [0, 0.05) is 22.2 Å². The van der Waals surface area contributed by atoms with Gasteiger partial charge < -0.3 is 10.1 Å². The van der Waals surface area contributed by atoms with E-state index < -0.39 is 6.10 Å². The summed E-state index contributed by atoms with van der Waals surface area (Å²) >= 11 is 7.69. The minimum absolute atomic E-state index is 0.119. The Bertz CT molecular complexity index is 649. The summed E-state index contributed by atoms with van der Waals surface area (Å²) in [5, 5.41) is 3.58. The van der Waals surface area contributed by atoms with Crippen molar-refractivity contribution in [1.29, 1.82) is 0 Å². The SMILES string of the molecule is Cc1cc(OC(C)C(=O)NCCSc2ccccc2)ccc1Cl. The van der Waals surface area contributed by atoms with Crippen molar-refractivity contribution in [2.75, 3.05) is 12.3 Å². The number of amides is 1. The number of benzene rings is 2. The second kappa shape index (κ2) is 8.85. The minimum atomic E-state index is -0.544. The quantitative estimate of drug-likeness (QED) is 0.597. The fourth-order valence-corrected chi connectivity index (χ4v) is 2.86. The van der Waals surface area contributed by atoms with E-state index in [1.807, 2.05) is 31.2 Å². The molecule has 0 radical (unpaired) electrons. The first-order valence-electron chi connectivity index (χ1n) is 7.44. The first-order valence-corrected chi connectivity index (χ1v) is 8.81. The smallest absolute Gasteiger partial charge is 0.260 e. The molecule has 0 fully saturated rings. The topological polar surface area (TPSA) is 38.3 Å². The van der Waals surface area contributed by atoms with E-state index in [0.29, 0.717) is 17.3 Å². The first-order chi connectivity index (χ1) is 11.1. The molecule has 0 spiro atoms. The van der Waals surface area contributed by atoms with Crippen LogP contribution in [-0.2, 0) is 4.79 Å². The Labute approximate surface area is 146 Å². The van der Waals surface area contributed by atoms with Crippen molar-refractivity contribution >= 4 is 29.3 Å². The molecule has 2 rings (SSSR count). The Morgan fingerprint density at radius 2 is 2.00 bits per heavy atom. The maximum atomic E-state index is 12.0. The Hall–Kier alpha value is -1.65. The van der Waals surface area contributed by atoms with Crippen molar-refractivity contribution in [1.82, 2.24) is 5.32 Å². The second-order valence-corrected chi connectivity index (χ2v) is 6.70. The monoisotopic (exact) mass is 349 g/mol. The largest absolute Gasteiger partial charge is 0.481 e. The number of ether oxygens (including phenoxy) is 1. The maximum Gasteiger partial charge on any atom is 0.260 e. The Kier molecular flexibility index (Phi) is 6.81. The average Bonchev–Trinajstić information content (AvgIpc) is 2.55. The van der Waals surface area contributed by atoms with Crippen LogP contribution in [0.2, 0.25) is 5.02 Å². The number of carbonyl (C=O) groups excluding carboxylic acids is 1. The molecule has 2 aromatic carbocycles. The fraction of sp³-hybridized carbons (Fsp3) is 0.278. The van der Waals surface area contributed by atoms with E-state index in [0.717, 1.165) is 11.3 Å². The molecule has 3 nitrogen and oxygen atoms in total. The molecule has 0 heterocycles. The zero-order valence-corrected chi connectivity index (χ0v) is 14.8. The van der Waals surface area contributed by atoms with Crippen LogP contribution in [0.5, 0.6) is 5.75 Å². The van der Waals surface area contributed by atoms with Gasteiger partial charge in [0.15, 0.2) is 6.10 Å². The molecule has 1 N–H and O–H groups in total. The lowest BCUT2D eigenvalue weighted by Crippen LogP contribution is -2.37. The third-order valence-corrected chi connectivity index (χ3v) is 4.66. The number of rotatable bonds is 7. The number of carbonyl (C=O) groups is 1. The number of hydrogen-bond acceptors (Lipinski definition) is 3. The van der Waals surface area contributed by atoms with E-state index in [1.54, 1.807) is 30.8 Å². The van der Waals surface area contributed by atoms with Gasteiger partial charge in [-0.1, -0.05) is 29.8 Å². The van der Waals surface area contributed by atoms with Crippen LogP contribution in [-0.4, -0.2) is 24.3 Å². The van der Waals surface area contributed by atoms with Crippen molar-refractivity contribution in [3.05, 3.63) is 59.1 Å². The van der Waals surface area contributed by atoms with Crippen LogP contribution in [0.15, 0.2) is 53.4 Å². The van der Waals surface area contributed by atoms with Crippen LogP contribution in [0.4, 0.5) is 0 Å². The lowest BCUT2D eigenvalue weighted by molar-refractivity contribution is -0.127. The van der Waals surface area contributed by atoms with Crippen LogP contribution >= 0.6 is 23.4 Å². The Morgan fingerprint density at radius 3 is 2.70 bits per heavy atom. The van der Waals surface area contributed by atoms with E-state index in [2.05, 4.69) is 17.4 Å². The molecular weight excluding hydrogens is 330 g/mol. The van der Waals surface area contributed by atoms with Gasteiger partial charge in [-0.2, -0.15) is 0 Å². The average molecular weight is 350 g/mol. The summed E-state index contributed by atoms with van der Waals surface area (Å²) in [5.74, 6) is 1.35. The lowest BCUT2D eigenvalue weighted by Gasteiger charge is -2.15. The predicted octanol–water partition coefficient (Wildman–Crippen LogP) is 4.32. The minimum Gasteiger partial charge on any atom is -0.481 e. The van der Waals surface area contributed by atoms with Crippen LogP contribution in [0.3, 0.4) is 0 Å². The van der Waals surface area contributed by atoms with Gasteiger partial charge in [0.25, 0.3) is 5.91 Å². The van der Waals surface area contributed by atoms with E-state index in [9.17, 15) is 4.79 Å². The number of nitrogens with one attached hydrogen (secondary N) is 1. The van der Waals surface area contributed by atoms with Gasteiger partial charge in [0.2, 0.25) is 0 Å². The summed E-state index contributed by atoms with van der Waals surface area (Å²) in [6.45, 7) is 4.25. The van der Waals surface area contributed by atoms with Gasteiger partial charge in [0.05, 0.1) is 0 Å². The summed E-state index contributed by atoms with van der Waals surface area (Å²) in [4.78, 5) is 13.2. The lowest BCUT2D eigenvalue weighted by atomic mass is 10.2. The van der Waals surface area contributed by atoms with Crippen molar-refractivity contribution < 1.29 is 9.53 Å². The highest BCUT2D eigenvalue weighted by molar-refractivity contribution is 7.99. The van der Waals surface area contributed by atoms with Crippen molar-refractivity contribution in [2.24, 2.45) is 0 Å². The number of hydrogen-bond donors (Lipinski definition) is 1. The highest BCUT2D eigenvalue weighted by Crippen LogP contribution is 2.22. The molecule has 1 unspecified atom stereocenters. The van der Waals surface area contributed by atoms with E-state index in [4.69, 9.17) is 16.3 Å². The summed E-state index contributed by atoms with van der Waals surface area (Å²) < 4.78 is 5.65. The molecule has 1 atom stereocenters. The molecule has 0 bridgehead atoms. The molecule has 0 saturated carbocycles. The Balaban J connectivity index is 1.73. The maximum absolute atomic E-state index is 12.0. The third-order valence-electron chi connectivity index (χ3n) is 3.22. The standard InChI is InChI=1S/C18H20ClNO2S/c1-13-12-15(8-9-17(13)19)22-14(2)18(21)20-10-11-23-16-6-4-3-5-7-16/h3-9,12,14H,10-11H2,1-2H3,(H,20,21). The van der Waals surface area contributed by atoms with Gasteiger partial charge in [-0.15, -0.1) is 11.8 Å². The first kappa shape index (κ1) is 17.7. The van der Waals surface area contributed by atoms with Crippen molar-refractivity contribution in [2.45, 2.75) is 24.8 Å². The zero-order valence-electron chi connectivity index (χ0n) is 13.2. The highest BCUT2D eigenvalue weighted by atomic mass is 35.5. The zero-order chi connectivity index (χ0) is 16.7. The number of thioether (sulfide) groups is 1. The summed E-state index contributed by atoms with van der Waals surface area (Å²) in [6.07, 6.45) is -0.544. The number of halogens is 1. The van der Waals surface area contributed by atoms with E-state index in [1.165, 1.54) is 4.90 Å². The van der Waals surface area contributed by atoms with Crippen LogP contribution in [0, 0.1) is 6.92 Å². The second-order valence-electron chi connectivity index (χ2n) is 5.12. The molecule has 23 heavy (non-hydrogen) atoms. The third kappa shape index (κ3) is 5.81. The molecule has 0 saturated heterocycles. The fourth-order valence-electron chi connectivity index (χ4n) is 1.95. The van der Waals surface area contributed by atoms with E-state index >= 15 is 0 Å². The van der Waals surface area contributed by atoms with Gasteiger partial charge in [-0.05, 0) is 49.7 Å². The van der Waals surface area contributed by atoms with Crippen LogP contribution in [0.25, 0.3) is 0 Å². The van der Waals surface area contributed by atoms with Gasteiger partial charge in [-0.3, -0.25) is 4.79 Å². The molecule has 122 valence electrons. The molecule has 1 amide bonds. The van der Waals surface area contributed by atoms with Gasteiger partial charge in [-0.25, -0.2) is 0 Å². The predicted molar refractivity (Wildman–Crippen MR) is 96.5 cm³/mol.